The summed E-state index contributed by atoms with van der Waals surface area (Å²) in [6.07, 6.45) is -4.39. The number of alkyl halides is 3. The third-order valence-electron chi connectivity index (χ3n) is 3.25. The number of benzene rings is 2. The largest absolute Gasteiger partial charge is 0.416 e. The Morgan fingerprint density at radius 1 is 0.955 bits per heavy atom. The van der Waals surface area contributed by atoms with Gasteiger partial charge in [-0.25, -0.2) is 4.39 Å². The Hall–Kier alpha value is -1.92. The van der Waals surface area contributed by atoms with Crippen molar-refractivity contribution < 1.29 is 22.7 Å². The topological polar surface area (TPSA) is 32.3 Å². The van der Waals surface area contributed by atoms with Crippen molar-refractivity contribution >= 4 is 0 Å². The second-order valence-corrected chi connectivity index (χ2v) is 4.84. The highest BCUT2D eigenvalue weighted by atomic mass is 19.4. The van der Waals surface area contributed by atoms with Crippen LogP contribution < -0.4 is 5.32 Å². The van der Waals surface area contributed by atoms with Crippen LogP contribution in [0.25, 0.3) is 0 Å². The zero-order valence-corrected chi connectivity index (χ0v) is 11.6. The fourth-order valence-corrected chi connectivity index (χ4v) is 2.15. The van der Waals surface area contributed by atoms with Crippen LogP contribution in [0.1, 0.15) is 22.3 Å². The van der Waals surface area contributed by atoms with Gasteiger partial charge in [0.05, 0.1) is 12.2 Å². The number of hydrogen-bond acceptors (Lipinski definition) is 2. The first-order chi connectivity index (χ1) is 10.4. The van der Waals surface area contributed by atoms with Crippen LogP contribution in [-0.2, 0) is 25.9 Å². The summed E-state index contributed by atoms with van der Waals surface area (Å²) < 4.78 is 51.8. The van der Waals surface area contributed by atoms with E-state index >= 15 is 0 Å². The Balaban J connectivity index is 2.03. The predicted octanol–water partition coefficient (Wildman–Crippen LogP) is 3.63. The number of rotatable bonds is 5. The van der Waals surface area contributed by atoms with E-state index in [-0.39, 0.29) is 24.2 Å². The fourth-order valence-electron chi connectivity index (χ4n) is 2.15. The van der Waals surface area contributed by atoms with E-state index in [1.165, 1.54) is 30.3 Å². The Bertz CT molecular complexity index is 640. The summed E-state index contributed by atoms with van der Waals surface area (Å²) in [5.74, 6) is -0.506. The van der Waals surface area contributed by atoms with Gasteiger partial charge >= 0.3 is 6.18 Å². The van der Waals surface area contributed by atoms with E-state index in [4.69, 9.17) is 5.11 Å². The quantitative estimate of drug-likeness (QED) is 0.826. The molecule has 0 aliphatic carbocycles. The smallest absolute Gasteiger partial charge is 0.392 e. The fraction of sp³-hybridized carbons (Fsp3) is 0.250. The molecule has 0 fully saturated rings. The highest BCUT2D eigenvalue weighted by Gasteiger charge is 2.32. The van der Waals surface area contributed by atoms with Gasteiger partial charge in [0.1, 0.15) is 5.82 Å². The molecule has 0 atom stereocenters. The van der Waals surface area contributed by atoms with Crippen LogP contribution in [0.15, 0.2) is 42.5 Å². The molecule has 118 valence electrons. The van der Waals surface area contributed by atoms with E-state index in [9.17, 15) is 17.6 Å². The molecule has 2 nitrogen and oxygen atoms in total. The normalized spacial score (nSPS) is 11.7. The average molecular weight is 313 g/mol. The van der Waals surface area contributed by atoms with Crippen molar-refractivity contribution in [1.29, 1.82) is 0 Å². The first kappa shape index (κ1) is 16.5. The van der Waals surface area contributed by atoms with Gasteiger partial charge in [-0.05, 0) is 29.3 Å². The molecule has 0 aliphatic heterocycles. The van der Waals surface area contributed by atoms with Gasteiger partial charge in [0.15, 0.2) is 0 Å². The lowest BCUT2D eigenvalue weighted by atomic mass is 10.1. The number of nitrogens with one attached hydrogen (secondary N) is 1. The summed E-state index contributed by atoms with van der Waals surface area (Å²) in [4.78, 5) is 0. The average Bonchev–Trinajstić information content (AvgIpc) is 2.48. The Kier molecular flexibility index (Phi) is 5.15. The summed E-state index contributed by atoms with van der Waals surface area (Å²) in [7, 11) is 0. The van der Waals surface area contributed by atoms with Gasteiger partial charge in [-0.1, -0.05) is 24.3 Å². The van der Waals surface area contributed by atoms with Crippen LogP contribution >= 0.6 is 0 Å². The van der Waals surface area contributed by atoms with Crippen molar-refractivity contribution in [3.63, 3.8) is 0 Å². The maximum absolute atomic E-state index is 13.2. The molecule has 0 heterocycles. The van der Waals surface area contributed by atoms with Gasteiger partial charge in [0.25, 0.3) is 0 Å². The standard InChI is InChI=1S/C16H15F4NO/c17-15-6-5-11(7-13(15)10-22)8-21-9-12-3-1-2-4-14(12)16(18,19)20/h1-7,21-22H,8-10H2. The second kappa shape index (κ2) is 6.89. The zero-order chi connectivity index (χ0) is 16.2. The van der Waals surface area contributed by atoms with Crippen molar-refractivity contribution in [2.75, 3.05) is 0 Å². The van der Waals surface area contributed by atoms with Crippen LogP contribution in [0, 0.1) is 5.82 Å². The third kappa shape index (κ3) is 4.05. The van der Waals surface area contributed by atoms with Gasteiger partial charge in [0.2, 0.25) is 0 Å². The third-order valence-corrected chi connectivity index (χ3v) is 3.25. The summed E-state index contributed by atoms with van der Waals surface area (Å²) in [6, 6.07) is 9.59. The number of hydrogen-bond donors (Lipinski definition) is 2. The molecular weight excluding hydrogens is 298 g/mol. The summed E-state index contributed by atoms with van der Waals surface area (Å²) in [6.45, 7) is -0.0996. The van der Waals surface area contributed by atoms with E-state index in [1.54, 1.807) is 6.07 Å². The maximum Gasteiger partial charge on any atom is 0.416 e. The predicted molar refractivity (Wildman–Crippen MR) is 74.3 cm³/mol. The molecule has 0 unspecified atom stereocenters. The molecule has 2 aromatic carbocycles. The van der Waals surface area contributed by atoms with E-state index in [0.29, 0.717) is 5.56 Å². The van der Waals surface area contributed by atoms with Gasteiger partial charge in [-0.2, -0.15) is 13.2 Å². The monoisotopic (exact) mass is 313 g/mol. The molecule has 0 aliphatic rings. The highest BCUT2D eigenvalue weighted by molar-refractivity contribution is 5.30. The van der Waals surface area contributed by atoms with Crippen LogP contribution in [0.4, 0.5) is 17.6 Å². The van der Waals surface area contributed by atoms with Crippen LogP contribution in [0.2, 0.25) is 0 Å². The molecule has 0 bridgehead atoms. The molecule has 22 heavy (non-hydrogen) atoms. The Labute approximate surface area is 125 Å². The van der Waals surface area contributed by atoms with Gasteiger partial charge < -0.3 is 10.4 Å². The maximum atomic E-state index is 13.2. The summed E-state index contributed by atoms with van der Waals surface area (Å²) in [5.41, 5.74) is 0.335. The van der Waals surface area contributed by atoms with Crippen LogP contribution in [0.3, 0.4) is 0 Å². The molecule has 2 rings (SSSR count). The van der Waals surface area contributed by atoms with Crippen molar-refractivity contribution in [2.24, 2.45) is 0 Å². The lowest BCUT2D eigenvalue weighted by molar-refractivity contribution is -0.138. The molecule has 0 spiro atoms. The molecule has 0 radical (unpaired) electrons. The summed E-state index contributed by atoms with van der Waals surface area (Å²) >= 11 is 0. The molecule has 6 heteroatoms. The molecule has 0 aromatic heterocycles. The van der Waals surface area contributed by atoms with Crippen molar-refractivity contribution in [2.45, 2.75) is 25.9 Å². The van der Waals surface area contributed by atoms with E-state index in [2.05, 4.69) is 5.32 Å². The minimum atomic E-state index is -4.39. The zero-order valence-electron chi connectivity index (χ0n) is 11.6. The molecule has 0 saturated heterocycles. The van der Waals surface area contributed by atoms with Crippen molar-refractivity contribution in [3.8, 4) is 0 Å². The minimum Gasteiger partial charge on any atom is -0.392 e. The first-order valence-corrected chi connectivity index (χ1v) is 6.66. The van der Waals surface area contributed by atoms with Gasteiger partial charge in [-0.3, -0.25) is 0 Å². The first-order valence-electron chi connectivity index (χ1n) is 6.66. The van der Waals surface area contributed by atoms with Crippen molar-refractivity contribution in [3.05, 3.63) is 70.5 Å². The number of halogens is 4. The number of aliphatic hydroxyl groups is 1. The lowest BCUT2D eigenvalue weighted by Gasteiger charge is -2.13. The van der Waals surface area contributed by atoms with Crippen LogP contribution in [-0.4, -0.2) is 5.11 Å². The van der Waals surface area contributed by atoms with E-state index in [1.807, 2.05) is 0 Å². The summed E-state index contributed by atoms with van der Waals surface area (Å²) in [5, 5.41) is 11.9. The molecule has 0 saturated carbocycles. The van der Waals surface area contributed by atoms with E-state index in [0.717, 1.165) is 6.07 Å². The van der Waals surface area contributed by atoms with Crippen LogP contribution in [0.5, 0.6) is 0 Å². The Morgan fingerprint density at radius 3 is 2.36 bits per heavy atom. The van der Waals surface area contributed by atoms with E-state index < -0.39 is 24.2 Å². The molecule has 0 amide bonds. The second-order valence-electron chi connectivity index (χ2n) is 4.84. The molecule has 2 aromatic rings. The number of aliphatic hydroxyl groups excluding tert-OH is 1. The SMILES string of the molecule is OCc1cc(CNCc2ccccc2C(F)(F)F)ccc1F. The Morgan fingerprint density at radius 2 is 1.68 bits per heavy atom. The minimum absolute atomic E-state index is 0.0432. The lowest BCUT2D eigenvalue weighted by Crippen LogP contribution is -2.17. The highest BCUT2D eigenvalue weighted by Crippen LogP contribution is 2.31. The van der Waals surface area contributed by atoms with Crippen molar-refractivity contribution in [1.82, 2.24) is 5.32 Å². The van der Waals surface area contributed by atoms with Gasteiger partial charge in [0, 0.05) is 18.7 Å². The van der Waals surface area contributed by atoms with Gasteiger partial charge in [-0.15, -0.1) is 0 Å². The molecule has 2 N–H and O–H groups in total. The molecular formula is C16H15F4NO.